The molecule has 1 N–H and O–H groups in total. The molecule has 0 spiro atoms. The number of rotatable bonds is 4. The van der Waals surface area contributed by atoms with E-state index in [0.717, 1.165) is 10.2 Å². The molecule has 0 aliphatic carbocycles. The molecule has 1 unspecified atom stereocenters. The molecule has 2 rings (SSSR count). The first-order valence-electron chi connectivity index (χ1n) is 5.20. The van der Waals surface area contributed by atoms with Crippen molar-refractivity contribution in [2.24, 2.45) is 0 Å². The van der Waals surface area contributed by atoms with Crippen molar-refractivity contribution in [2.45, 2.75) is 6.04 Å². The second kappa shape index (κ2) is 5.97. The van der Waals surface area contributed by atoms with Crippen LogP contribution in [-0.4, -0.2) is 18.1 Å². The average Bonchev–Trinajstić information content (AvgIpc) is 2.89. The van der Waals surface area contributed by atoms with Crippen LogP contribution in [0.5, 0.6) is 0 Å². The Balaban J connectivity index is 2.23. The minimum atomic E-state index is -0.579. The lowest BCUT2D eigenvalue weighted by atomic mass is 10.2. The van der Waals surface area contributed by atoms with Gasteiger partial charge >= 0.3 is 5.97 Å². The summed E-state index contributed by atoms with van der Waals surface area (Å²) in [4.78, 5) is 15.9. The topological polar surface area (TPSA) is 51.2 Å². The zero-order chi connectivity index (χ0) is 13.0. The molecule has 0 saturated heterocycles. The van der Waals surface area contributed by atoms with Crippen LogP contribution >= 0.6 is 27.3 Å². The third-order valence-electron chi connectivity index (χ3n) is 2.27. The van der Waals surface area contributed by atoms with Gasteiger partial charge in [0.05, 0.1) is 7.11 Å². The van der Waals surface area contributed by atoms with Crippen LogP contribution in [0.3, 0.4) is 0 Å². The molecule has 2 aromatic rings. The molecule has 0 fully saturated rings. The third kappa shape index (κ3) is 3.08. The third-order valence-corrected chi connectivity index (χ3v) is 3.60. The summed E-state index contributed by atoms with van der Waals surface area (Å²) in [6.45, 7) is 0. The van der Waals surface area contributed by atoms with E-state index in [1.165, 1.54) is 18.4 Å². The molecule has 4 nitrogen and oxygen atoms in total. The highest BCUT2D eigenvalue weighted by Crippen LogP contribution is 2.24. The molecule has 1 atom stereocenters. The number of thiazole rings is 1. The van der Waals surface area contributed by atoms with Gasteiger partial charge in [-0.3, -0.25) is 0 Å². The number of ether oxygens (including phenoxy) is 1. The summed E-state index contributed by atoms with van der Waals surface area (Å²) < 4.78 is 5.73. The summed E-state index contributed by atoms with van der Waals surface area (Å²) in [5.41, 5.74) is 0.829. The van der Waals surface area contributed by atoms with Crippen molar-refractivity contribution in [3.8, 4) is 0 Å². The fourth-order valence-electron chi connectivity index (χ4n) is 1.46. The van der Waals surface area contributed by atoms with Crippen LogP contribution < -0.4 is 5.32 Å². The number of anilines is 1. The van der Waals surface area contributed by atoms with E-state index in [-0.39, 0.29) is 5.97 Å². The van der Waals surface area contributed by atoms with Gasteiger partial charge < -0.3 is 10.1 Å². The lowest BCUT2D eigenvalue weighted by molar-refractivity contribution is -0.141. The Morgan fingerprint density at radius 3 is 3.00 bits per heavy atom. The molecular weight excluding hydrogens is 316 g/mol. The van der Waals surface area contributed by atoms with Crippen LogP contribution in [0.15, 0.2) is 40.3 Å². The number of carbonyl (C=O) groups excluding carboxylic acids is 1. The normalized spacial score (nSPS) is 11.9. The average molecular weight is 327 g/mol. The van der Waals surface area contributed by atoms with Crippen LogP contribution in [0.25, 0.3) is 0 Å². The van der Waals surface area contributed by atoms with Gasteiger partial charge in [0, 0.05) is 21.7 Å². The second-order valence-corrected chi connectivity index (χ2v) is 5.32. The number of methoxy groups -OCH3 is 1. The zero-order valence-corrected chi connectivity index (χ0v) is 12.0. The summed E-state index contributed by atoms with van der Waals surface area (Å²) >= 11 is 4.80. The van der Waals surface area contributed by atoms with Crippen molar-refractivity contribution >= 4 is 38.9 Å². The lowest BCUT2D eigenvalue weighted by Gasteiger charge is -2.15. The van der Waals surface area contributed by atoms with E-state index >= 15 is 0 Å². The van der Waals surface area contributed by atoms with Gasteiger partial charge in [-0.2, -0.15) is 0 Å². The molecule has 0 bridgehead atoms. The van der Waals surface area contributed by atoms with Crippen LogP contribution in [-0.2, 0) is 9.53 Å². The predicted octanol–water partition coefficient (Wildman–Crippen LogP) is 3.23. The first-order chi connectivity index (χ1) is 8.70. The van der Waals surface area contributed by atoms with Crippen molar-refractivity contribution in [3.05, 3.63) is 45.3 Å². The summed E-state index contributed by atoms with van der Waals surface area (Å²) in [6.07, 6.45) is 1.67. The summed E-state index contributed by atoms with van der Waals surface area (Å²) in [5.74, 6) is -0.357. The van der Waals surface area contributed by atoms with Gasteiger partial charge in [0.2, 0.25) is 0 Å². The highest BCUT2D eigenvalue weighted by molar-refractivity contribution is 9.10. The Bertz CT molecular complexity index is 531. The lowest BCUT2D eigenvalue weighted by Crippen LogP contribution is -2.22. The number of hydrogen-bond donors (Lipinski definition) is 1. The molecular formula is C12H11BrN2O2S. The number of nitrogens with one attached hydrogen (secondary N) is 1. The minimum Gasteiger partial charge on any atom is -0.467 e. The van der Waals surface area contributed by atoms with Gasteiger partial charge in [-0.25, -0.2) is 9.78 Å². The largest absolute Gasteiger partial charge is 0.467 e. The maximum Gasteiger partial charge on any atom is 0.335 e. The molecule has 0 radical (unpaired) electrons. The van der Waals surface area contributed by atoms with Crippen molar-refractivity contribution in [3.63, 3.8) is 0 Å². The van der Waals surface area contributed by atoms with Crippen molar-refractivity contribution in [1.82, 2.24) is 4.98 Å². The van der Waals surface area contributed by atoms with Crippen molar-refractivity contribution < 1.29 is 9.53 Å². The number of carbonyl (C=O) groups is 1. The molecule has 6 heteroatoms. The number of aromatic nitrogens is 1. The Morgan fingerprint density at radius 1 is 1.56 bits per heavy atom. The number of halogens is 1. The highest BCUT2D eigenvalue weighted by atomic mass is 79.9. The van der Waals surface area contributed by atoms with E-state index in [0.29, 0.717) is 5.01 Å². The van der Waals surface area contributed by atoms with Crippen LogP contribution in [0.2, 0.25) is 0 Å². The van der Waals surface area contributed by atoms with E-state index in [1.807, 2.05) is 29.6 Å². The number of nitrogens with zero attached hydrogens (tertiary/aromatic N) is 1. The van der Waals surface area contributed by atoms with Crippen molar-refractivity contribution in [2.75, 3.05) is 12.4 Å². The monoisotopic (exact) mass is 326 g/mol. The highest BCUT2D eigenvalue weighted by Gasteiger charge is 2.23. The molecule has 1 aromatic carbocycles. The molecule has 1 heterocycles. The SMILES string of the molecule is COC(=O)C(Nc1cccc(Br)c1)c1nccs1. The number of hydrogen-bond acceptors (Lipinski definition) is 5. The Hall–Kier alpha value is -1.40. The predicted molar refractivity (Wildman–Crippen MR) is 74.6 cm³/mol. The Morgan fingerprint density at radius 2 is 2.39 bits per heavy atom. The number of esters is 1. The minimum absolute atomic E-state index is 0.357. The van der Waals surface area contributed by atoms with E-state index in [2.05, 4.69) is 26.2 Å². The Kier molecular flexibility index (Phi) is 4.33. The number of benzene rings is 1. The zero-order valence-electron chi connectivity index (χ0n) is 9.59. The summed E-state index contributed by atoms with van der Waals surface area (Å²) in [5, 5.41) is 5.63. The maximum atomic E-state index is 11.8. The van der Waals surface area contributed by atoms with Crippen LogP contribution in [0, 0.1) is 0 Å². The summed E-state index contributed by atoms with van der Waals surface area (Å²) in [6, 6.07) is 7.01. The summed E-state index contributed by atoms with van der Waals surface area (Å²) in [7, 11) is 1.37. The molecule has 18 heavy (non-hydrogen) atoms. The fourth-order valence-corrected chi connectivity index (χ4v) is 2.53. The molecule has 0 aliphatic heterocycles. The van der Waals surface area contributed by atoms with E-state index < -0.39 is 6.04 Å². The quantitative estimate of drug-likeness (QED) is 0.876. The molecule has 0 amide bonds. The van der Waals surface area contributed by atoms with Crippen LogP contribution in [0.4, 0.5) is 5.69 Å². The van der Waals surface area contributed by atoms with E-state index in [1.54, 1.807) is 6.20 Å². The standard InChI is InChI=1S/C12H11BrN2O2S/c1-17-12(16)10(11-14-5-6-18-11)15-9-4-2-3-8(13)7-9/h2-7,10,15H,1H3. The molecule has 1 aromatic heterocycles. The van der Waals surface area contributed by atoms with Gasteiger partial charge in [0.15, 0.2) is 6.04 Å². The van der Waals surface area contributed by atoms with Gasteiger partial charge in [0.25, 0.3) is 0 Å². The van der Waals surface area contributed by atoms with E-state index in [9.17, 15) is 4.79 Å². The smallest absolute Gasteiger partial charge is 0.335 e. The maximum absolute atomic E-state index is 11.8. The van der Waals surface area contributed by atoms with Gasteiger partial charge in [-0.1, -0.05) is 22.0 Å². The molecule has 0 aliphatic rings. The molecule has 94 valence electrons. The van der Waals surface area contributed by atoms with Gasteiger partial charge in [-0.15, -0.1) is 11.3 Å². The van der Waals surface area contributed by atoms with E-state index in [4.69, 9.17) is 4.74 Å². The fraction of sp³-hybridized carbons (Fsp3) is 0.167. The van der Waals surface area contributed by atoms with Gasteiger partial charge in [-0.05, 0) is 18.2 Å². The van der Waals surface area contributed by atoms with Crippen LogP contribution in [0.1, 0.15) is 11.0 Å². The Labute approximate surface area is 117 Å². The first-order valence-corrected chi connectivity index (χ1v) is 6.87. The second-order valence-electron chi connectivity index (χ2n) is 3.48. The first kappa shape index (κ1) is 13.0. The van der Waals surface area contributed by atoms with Gasteiger partial charge in [0.1, 0.15) is 5.01 Å². The van der Waals surface area contributed by atoms with Crippen molar-refractivity contribution in [1.29, 1.82) is 0 Å². The molecule has 0 saturated carbocycles.